The minimum Gasteiger partial charge on any atom is -0.744 e. The van der Waals surface area contributed by atoms with Crippen molar-refractivity contribution in [2.24, 2.45) is 20.5 Å². The summed E-state index contributed by atoms with van der Waals surface area (Å²) >= 11 is 0.476. The molecule has 0 aliphatic carbocycles. The number of benzene rings is 4. The van der Waals surface area contributed by atoms with Crippen molar-refractivity contribution in [3.8, 4) is 5.75 Å². The molecule has 0 unspecified atom stereocenters. The summed E-state index contributed by atoms with van der Waals surface area (Å²) in [5, 5.41) is 66.9. The average molecular weight is 992 g/mol. The number of sulfone groups is 2. The Balaban J connectivity index is 0.00000870. The number of phenols is 1. The number of nitrogens with two attached hydrogens (primary N) is 1. The number of aromatic hydroxyl groups is 1. The van der Waals surface area contributed by atoms with Gasteiger partial charge in [0.1, 0.15) is 27.2 Å². The zero-order valence-corrected chi connectivity index (χ0v) is 44.1. The first-order valence-electron chi connectivity index (χ1n) is 14.3. The van der Waals surface area contributed by atoms with Gasteiger partial charge >= 0.3 is 118 Å². The van der Waals surface area contributed by atoms with Gasteiger partial charge in [-0.25, -0.2) is 25.3 Å². The van der Waals surface area contributed by atoms with E-state index in [1.54, 1.807) is 0 Å². The van der Waals surface area contributed by atoms with E-state index in [4.69, 9.17) is 9.92 Å². The Hall–Kier alpha value is 0.360. The maximum atomic E-state index is 12.7. The van der Waals surface area contributed by atoms with Crippen LogP contribution in [0.4, 0.5) is 28.4 Å². The molecule has 0 aliphatic rings. The smallest absolute Gasteiger partial charge is 0.744 e. The van der Waals surface area contributed by atoms with E-state index < -0.39 is 69.1 Å². The third kappa shape index (κ3) is 17.6. The molecule has 34 heteroatoms. The van der Waals surface area contributed by atoms with Crippen LogP contribution in [-0.2, 0) is 66.3 Å². The average Bonchev–Trinajstić information content (AvgIpc) is 3.16. The van der Waals surface area contributed by atoms with E-state index in [1.165, 1.54) is 42.5 Å². The Morgan fingerprint density at radius 3 is 1.72 bits per heavy atom. The van der Waals surface area contributed by atoms with Crippen molar-refractivity contribution >= 4 is 106 Å². The summed E-state index contributed by atoms with van der Waals surface area (Å²) in [6.07, 6.45) is 0. The van der Waals surface area contributed by atoms with E-state index in [0.29, 0.717) is 6.07 Å². The number of azo groups is 2. The molecular formula is C26H21N5Na4O19S6. The summed E-state index contributed by atoms with van der Waals surface area (Å²) in [5.74, 6) is -1.78. The molecule has 0 fully saturated rings. The SMILES string of the molecule is Nc1ccc2c(O)c(N=Nc3ccc(S(=O)(=O)CCOSOO[O-])cc3)c(SOO[O-])cc2c1N=Nc1ccc(S(=O)(=O)CCOSOO[O-])cc1S(=O)(=O)[O-].[Na+].[Na+].[Na+].[Na+]. The third-order valence-corrected chi connectivity index (χ3v) is 12.3. The molecular weight excluding hydrogens is 971 g/mol. The van der Waals surface area contributed by atoms with E-state index in [1.807, 2.05) is 0 Å². The van der Waals surface area contributed by atoms with E-state index >= 15 is 0 Å². The van der Waals surface area contributed by atoms with Gasteiger partial charge in [-0.05, 0) is 60.7 Å². The molecule has 0 bridgehead atoms. The Kier molecular flexibility index (Phi) is 29.3. The Morgan fingerprint density at radius 1 is 0.633 bits per heavy atom. The first-order chi connectivity index (χ1) is 26.6. The van der Waals surface area contributed by atoms with Crippen LogP contribution in [0.15, 0.2) is 101 Å². The summed E-state index contributed by atoms with van der Waals surface area (Å²) in [6, 6.07) is 11.3. The van der Waals surface area contributed by atoms with E-state index in [9.17, 15) is 50.7 Å². The summed E-state index contributed by atoms with van der Waals surface area (Å²) in [5.41, 5.74) is 5.06. The number of rotatable bonds is 22. The maximum Gasteiger partial charge on any atom is 1.00 e. The third-order valence-electron chi connectivity index (χ3n) is 6.75. The van der Waals surface area contributed by atoms with Crippen LogP contribution in [0.5, 0.6) is 5.75 Å². The van der Waals surface area contributed by atoms with Gasteiger partial charge in [0.2, 0.25) is 0 Å². The van der Waals surface area contributed by atoms with Gasteiger partial charge in [0.05, 0.1) is 67.7 Å². The van der Waals surface area contributed by atoms with Gasteiger partial charge in [0.15, 0.2) is 50.1 Å². The van der Waals surface area contributed by atoms with Crippen molar-refractivity contribution in [1.29, 1.82) is 0 Å². The molecule has 0 aromatic heterocycles. The fourth-order valence-corrected chi connectivity index (χ4v) is 8.33. The second-order valence-electron chi connectivity index (χ2n) is 10.1. The van der Waals surface area contributed by atoms with Crippen LogP contribution in [0, 0.1) is 0 Å². The normalized spacial score (nSPS) is 11.9. The van der Waals surface area contributed by atoms with Crippen LogP contribution in [0.2, 0.25) is 0 Å². The van der Waals surface area contributed by atoms with Gasteiger partial charge in [-0.15, -0.1) is 24.0 Å². The maximum absolute atomic E-state index is 12.7. The summed E-state index contributed by atoms with van der Waals surface area (Å²) in [7, 11) is -13.5. The van der Waals surface area contributed by atoms with Crippen LogP contribution in [0.3, 0.4) is 0 Å². The topological polar surface area (TPSA) is 364 Å². The van der Waals surface area contributed by atoms with Crippen molar-refractivity contribution in [1.82, 2.24) is 0 Å². The van der Waals surface area contributed by atoms with E-state index in [0.717, 1.165) is 12.1 Å². The van der Waals surface area contributed by atoms with Gasteiger partial charge in [0, 0.05) is 10.8 Å². The zero-order valence-electron chi connectivity index (χ0n) is 31.2. The molecule has 0 spiro atoms. The standard InChI is InChI=1S/C26H25N5O19S6.4Na/c27-20-7-6-18-19(24(20)30-29-21-8-5-17(13-23(21)56(40,41)42)55(38,39)12-10-44-53-50-47-35)14-22(51-48-45-33)25(26(18)32)31-28-15-1-3-16(4-2-15)54(36,37)11-9-43-52-49-46-34;;;;/h1-8,13-14,32-35H,9-12,27H2,(H,40,41,42);;;;/q;4*+1/p-4. The Morgan fingerprint density at radius 2 is 1.17 bits per heavy atom. The molecule has 4 rings (SSSR count). The van der Waals surface area contributed by atoms with Gasteiger partial charge in [-0.3, -0.25) is 23.5 Å². The molecule has 0 heterocycles. The number of hydrogen-bond donors (Lipinski definition) is 2. The monoisotopic (exact) mass is 991 g/mol. The largest absolute Gasteiger partial charge is 1.00 e. The van der Waals surface area contributed by atoms with Gasteiger partial charge < -0.3 is 31.2 Å². The van der Waals surface area contributed by atoms with Crippen LogP contribution in [0.25, 0.3) is 10.8 Å². The molecule has 0 aliphatic heterocycles. The summed E-state index contributed by atoms with van der Waals surface area (Å²) in [4.78, 5) is -1.90. The van der Waals surface area contributed by atoms with Gasteiger partial charge in [-0.1, -0.05) is 0 Å². The quantitative estimate of drug-likeness (QED) is 0.0108. The van der Waals surface area contributed by atoms with Crippen LogP contribution < -0.4 is 140 Å². The molecule has 0 saturated heterocycles. The summed E-state index contributed by atoms with van der Waals surface area (Å²) < 4.78 is 109. The van der Waals surface area contributed by atoms with Crippen molar-refractivity contribution in [2.45, 2.75) is 19.6 Å². The molecule has 0 saturated carbocycles. The van der Waals surface area contributed by atoms with E-state index in [2.05, 4.69) is 52.8 Å². The molecule has 4 aromatic carbocycles. The first-order valence-corrected chi connectivity index (χ1v) is 21.1. The zero-order chi connectivity index (χ0) is 40.9. The fourth-order valence-electron chi connectivity index (χ4n) is 4.30. The minimum atomic E-state index is -5.37. The predicted molar refractivity (Wildman–Crippen MR) is 183 cm³/mol. The Labute approximate surface area is 442 Å². The predicted octanol–water partition coefficient (Wildman–Crippen LogP) is -9.74. The van der Waals surface area contributed by atoms with Gasteiger partial charge in [-0.2, -0.15) is 9.45 Å². The molecule has 304 valence electrons. The van der Waals surface area contributed by atoms with Crippen molar-refractivity contribution in [3.63, 3.8) is 0 Å². The molecule has 0 amide bonds. The molecule has 4 aromatic rings. The molecule has 24 nitrogen and oxygen atoms in total. The molecule has 60 heavy (non-hydrogen) atoms. The second-order valence-corrected chi connectivity index (χ2v) is 17.4. The van der Waals surface area contributed by atoms with Gasteiger partial charge in [0.25, 0.3) is 0 Å². The Bertz CT molecular complexity index is 2410. The molecule has 0 atom stereocenters. The summed E-state index contributed by atoms with van der Waals surface area (Å²) in [6.45, 7) is -0.875. The molecule has 3 N–H and O–H groups in total. The minimum absolute atomic E-state index is 0. The van der Waals surface area contributed by atoms with Crippen LogP contribution in [-0.4, -0.2) is 59.6 Å². The number of phenolic OH excluding ortho intramolecular Hbond substituents is 1. The number of nitrogen functional groups attached to an aromatic ring is 1. The molecule has 0 radical (unpaired) electrons. The number of hydrogen-bond acceptors (Lipinski definition) is 27. The fraction of sp³-hybridized carbons (Fsp3) is 0.154. The first kappa shape index (κ1) is 60.4. The van der Waals surface area contributed by atoms with Crippen LogP contribution >= 0.6 is 36.7 Å². The van der Waals surface area contributed by atoms with Crippen LogP contribution in [0.1, 0.15) is 0 Å². The number of fused-ring (bicyclic) bond motifs is 1. The van der Waals surface area contributed by atoms with Crippen molar-refractivity contribution in [3.05, 3.63) is 60.7 Å². The number of nitrogens with zero attached hydrogens (tertiary/aromatic N) is 4. The van der Waals surface area contributed by atoms with Crippen molar-refractivity contribution in [2.75, 3.05) is 30.5 Å². The number of anilines is 1. The van der Waals surface area contributed by atoms with Crippen molar-refractivity contribution < 1.29 is 205 Å². The van der Waals surface area contributed by atoms with E-state index in [-0.39, 0.29) is 205 Å². The second kappa shape index (κ2) is 29.1.